The van der Waals surface area contributed by atoms with E-state index < -0.39 is 28.5 Å². The molecule has 2 aromatic rings. The first kappa shape index (κ1) is 21.8. The number of hydrogen-bond acceptors (Lipinski definition) is 7. The first-order chi connectivity index (χ1) is 14.3. The number of phenolic OH excluding ortho intramolecular Hbond substituents is 1. The molecule has 0 bridgehead atoms. The molecule has 1 aliphatic rings. The minimum absolute atomic E-state index is 0.0404. The monoisotopic (exact) mass is 434 g/mol. The van der Waals surface area contributed by atoms with Crippen LogP contribution in [0.4, 0.5) is 5.69 Å². The van der Waals surface area contributed by atoms with Gasteiger partial charge < -0.3 is 19.9 Å². The Kier molecular flexibility index (Phi) is 6.70. The molecule has 1 saturated heterocycles. The van der Waals surface area contributed by atoms with E-state index in [0.717, 1.165) is 0 Å². The average molecular weight is 434 g/mol. The zero-order valence-electron chi connectivity index (χ0n) is 16.3. The summed E-state index contributed by atoms with van der Waals surface area (Å²) in [7, 11) is -3.70. The number of carbonyl (C=O) groups excluding carboxylic acids is 2. The second-order valence-corrected chi connectivity index (χ2v) is 8.58. The van der Waals surface area contributed by atoms with Crippen molar-refractivity contribution in [2.75, 3.05) is 38.2 Å². The Balaban J connectivity index is 1.62. The minimum atomic E-state index is -3.70. The van der Waals surface area contributed by atoms with E-state index in [9.17, 15) is 23.1 Å². The molecule has 30 heavy (non-hydrogen) atoms. The molecular formula is C20H22N2O7S. The molecule has 0 aromatic heterocycles. The lowest BCUT2D eigenvalue weighted by Crippen LogP contribution is -2.40. The summed E-state index contributed by atoms with van der Waals surface area (Å²) >= 11 is 0. The van der Waals surface area contributed by atoms with Crippen LogP contribution in [-0.2, 0) is 24.3 Å². The van der Waals surface area contributed by atoms with E-state index in [1.807, 2.05) is 0 Å². The summed E-state index contributed by atoms with van der Waals surface area (Å²) in [5.41, 5.74) is 0.720. The van der Waals surface area contributed by atoms with Gasteiger partial charge in [-0.3, -0.25) is 4.79 Å². The lowest BCUT2D eigenvalue weighted by Gasteiger charge is -2.26. The molecule has 2 aromatic carbocycles. The number of hydrogen-bond donors (Lipinski definition) is 2. The molecule has 160 valence electrons. The van der Waals surface area contributed by atoms with Crippen LogP contribution in [0.3, 0.4) is 0 Å². The zero-order valence-corrected chi connectivity index (χ0v) is 17.1. The van der Waals surface area contributed by atoms with E-state index in [2.05, 4.69) is 5.32 Å². The van der Waals surface area contributed by atoms with Gasteiger partial charge in [-0.2, -0.15) is 4.31 Å². The molecular weight excluding hydrogens is 412 g/mol. The van der Waals surface area contributed by atoms with E-state index >= 15 is 0 Å². The van der Waals surface area contributed by atoms with Crippen molar-refractivity contribution in [1.82, 2.24) is 4.31 Å². The number of aryl methyl sites for hydroxylation is 1. The van der Waals surface area contributed by atoms with Crippen molar-refractivity contribution in [3.63, 3.8) is 0 Å². The Labute approximate surface area is 174 Å². The van der Waals surface area contributed by atoms with Crippen LogP contribution in [0.1, 0.15) is 15.9 Å². The molecule has 1 aliphatic heterocycles. The normalized spacial score (nSPS) is 14.8. The molecule has 2 N–H and O–H groups in total. The summed E-state index contributed by atoms with van der Waals surface area (Å²) in [6.45, 7) is 2.24. The molecule has 0 unspecified atom stereocenters. The van der Waals surface area contributed by atoms with Crippen molar-refractivity contribution in [2.45, 2.75) is 11.8 Å². The number of ether oxygens (including phenoxy) is 2. The number of rotatable bonds is 6. The summed E-state index contributed by atoms with van der Waals surface area (Å²) in [4.78, 5) is 24.3. The molecule has 0 spiro atoms. The van der Waals surface area contributed by atoms with Gasteiger partial charge in [-0.25, -0.2) is 13.2 Å². The molecule has 9 nitrogen and oxygen atoms in total. The van der Waals surface area contributed by atoms with Crippen molar-refractivity contribution in [3.8, 4) is 5.75 Å². The van der Waals surface area contributed by atoms with Crippen LogP contribution in [0.5, 0.6) is 5.75 Å². The fourth-order valence-electron chi connectivity index (χ4n) is 2.90. The van der Waals surface area contributed by atoms with Crippen molar-refractivity contribution in [3.05, 3.63) is 53.6 Å². The number of carbonyl (C=O) groups is 2. The molecule has 0 aliphatic carbocycles. The zero-order chi connectivity index (χ0) is 21.7. The van der Waals surface area contributed by atoms with Gasteiger partial charge >= 0.3 is 5.97 Å². The molecule has 1 amide bonds. The first-order valence-corrected chi connectivity index (χ1v) is 10.7. The van der Waals surface area contributed by atoms with Gasteiger partial charge in [0, 0.05) is 18.8 Å². The number of nitrogens with zero attached hydrogens (tertiary/aromatic N) is 1. The predicted octanol–water partition coefficient (Wildman–Crippen LogP) is 1.52. The smallest absolute Gasteiger partial charge is 0.342 e. The Morgan fingerprint density at radius 1 is 1.17 bits per heavy atom. The fraction of sp³-hybridized carbons (Fsp3) is 0.300. The fourth-order valence-corrected chi connectivity index (χ4v) is 4.35. The van der Waals surface area contributed by atoms with Gasteiger partial charge in [0.1, 0.15) is 11.3 Å². The number of nitrogens with one attached hydrogen (secondary N) is 1. The molecule has 3 rings (SSSR count). The standard InChI is InChI=1S/C20H22N2O7S/c1-14-4-2-7-17(19(14)24)20(25)29-13-18(23)21-15-5-3-6-16(12-15)30(26,27)22-8-10-28-11-9-22/h2-7,12,24H,8-11,13H2,1H3,(H,21,23). The van der Waals surface area contributed by atoms with Crippen LogP contribution in [-0.4, -0.2) is 62.6 Å². The molecule has 0 saturated carbocycles. The van der Waals surface area contributed by atoms with Gasteiger partial charge in [-0.05, 0) is 36.8 Å². The number of morpholine rings is 1. The Bertz CT molecular complexity index is 1050. The highest BCUT2D eigenvalue weighted by Gasteiger charge is 2.26. The largest absolute Gasteiger partial charge is 0.507 e. The van der Waals surface area contributed by atoms with Crippen LogP contribution in [0, 0.1) is 6.92 Å². The van der Waals surface area contributed by atoms with E-state index in [0.29, 0.717) is 18.8 Å². The van der Waals surface area contributed by atoms with E-state index in [1.165, 1.54) is 34.6 Å². The average Bonchev–Trinajstić information content (AvgIpc) is 2.75. The SMILES string of the molecule is Cc1cccc(C(=O)OCC(=O)Nc2cccc(S(=O)(=O)N3CCOCC3)c2)c1O. The predicted molar refractivity (Wildman–Crippen MR) is 108 cm³/mol. The number of sulfonamides is 1. The first-order valence-electron chi connectivity index (χ1n) is 9.22. The summed E-state index contributed by atoms with van der Waals surface area (Å²) < 4.78 is 36.9. The summed E-state index contributed by atoms with van der Waals surface area (Å²) in [6, 6.07) is 10.5. The third kappa shape index (κ3) is 4.96. The third-order valence-electron chi connectivity index (χ3n) is 4.52. The van der Waals surface area contributed by atoms with Gasteiger partial charge in [0.2, 0.25) is 10.0 Å². The van der Waals surface area contributed by atoms with Crippen molar-refractivity contribution >= 4 is 27.6 Å². The van der Waals surface area contributed by atoms with Crippen molar-refractivity contribution < 1.29 is 32.6 Å². The molecule has 1 heterocycles. The summed E-state index contributed by atoms with van der Waals surface area (Å²) in [6.07, 6.45) is 0. The second-order valence-electron chi connectivity index (χ2n) is 6.64. The van der Waals surface area contributed by atoms with Gasteiger partial charge in [-0.15, -0.1) is 0 Å². The Morgan fingerprint density at radius 2 is 1.87 bits per heavy atom. The quantitative estimate of drug-likeness (QED) is 0.661. The highest BCUT2D eigenvalue weighted by Crippen LogP contribution is 2.23. The highest BCUT2D eigenvalue weighted by atomic mass is 32.2. The van der Waals surface area contributed by atoms with Crippen molar-refractivity contribution in [2.24, 2.45) is 0 Å². The number of amides is 1. The molecule has 10 heteroatoms. The van der Waals surface area contributed by atoms with Crippen LogP contribution in [0.2, 0.25) is 0 Å². The summed E-state index contributed by atoms with van der Waals surface area (Å²) in [5, 5.41) is 12.4. The van der Waals surface area contributed by atoms with E-state index in [1.54, 1.807) is 19.1 Å². The number of benzene rings is 2. The third-order valence-corrected chi connectivity index (χ3v) is 6.41. The van der Waals surface area contributed by atoms with Crippen LogP contribution in [0.25, 0.3) is 0 Å². The topological polar surface area (TPSA) is 122 Å². The maximum absolute atomic E-state index is 12.7. The van der Waals surface area contributed by atoms with E-state index in [4.69, 9.17) is 9.47 Å². The van der Waals surface area contributed by atoms with Crippen LogP contribution < -0.4 is 5.32 Å². The molecule has 0 atom stereocenters. The number of aromatic hydroxyl groups is 1. The van der Waals surface area contributed by atoms with Gasteiger partial charge in [-0.1, -0.05) is 18.2 Å². The summed E-state index contributed by atoms with van der Waals surface area (Å²) in [5.74, 6) is -1.68. The van der Waals surface area contributed by atoms with Gasteiger partial charge in [0.25, 0.3) is 5.91 Å². The lowest BCUT2D eigenvalue weighted by atomic mass is 10.1. The van der Waals surface area contributed by atoms with Crippen LogP contribution in [0.15, 0.2) is 47.4 Å². The molecule has 0 radical (unpaired) electrons. The maximum Gasteiger partial charge on any atom is 0.342 e. The van der Waals surface area contributed by atoms with E-state index in [-0.39, 0.29) is 35.0 Å². The number of anilines is 1. The number of esters is 1. The van der Waals surface area contributed by atoms with Crippen LogP contribution >= 0.6 is 0 Å². The second kappa shape index (κ2) is 9.24. The number of phenols is 1. The van der Waals surface area contributed by atoms with Gasteiger partial charge in [0.15, 0.2) is 6.61 Å². The maximum atomic E-state index is 12.7. The highest BCUT2D eigenvalue weighted by molar-refractivity contribution is 7.89. The van der Waals surface area contributed by atoms with Crippen molar-refractivity contribution in [1.29, 1.82) is 0 Å². The Hall–Kier alpha value is -2.95. The molecule has 1 fully saturated rings. The Morgan fingerprint density at radius 3 is 2.60 bits per heavy atom. The van der Waals surface area contributed by atoms with Gasteiger partial charge in [0.05, 0.1) is 18.1 Å². The minimum Gasteiger partial charge on any atom is -0.507 e. The lowest BCUT2D eigenvalue weighted by molar-refractivity contribution is -0.119. The number of para-hydroxylation sites is 1.